The summed E-state index contributed by atoms with van der Waals surface area (Å²) in [6, 6.07) is 7.11. The van der Waals surface area contributed by atoms with Gasteiger partial charge in [0, 0.05) is 31.1 Å². The van der Waals surface area contributed by atoms with Crippen LogP contribution in [-0.2, 0) is 6.42 Å². The quantitative estimate of drug-likeness (QED) is 0.739. The number of nitrogens with one attached hydrogen (secondary N) is 1. The minimum Gasteiger partial charge on any atom is -0.360 e. The molecule has 3 rings (SSSR count). The lowest BCUT2D eigenvalue weighted by Gasteiger charge is -1.99. The van der Waals surface area contributed by atoms with Crippen LogP contribution in [0, 0.1) is 0 Å². The van der Waals surface area contributed by atoms with Crippen LogP contribution < -0.4 is 5.32 Å². The van der Waals surface area contributed by atoms with Crippen molar-refractivity contribution in [3.63, 3.8) is 0 Å². The van der Waals surface area contributed by atoms with Crippen LogP contribution in [0.2, 0.25) is 0 Å². The molecular formula is C16H17N5O3. The smallest absolute Gasteiger partial charge is 0.273 e. The van der Waals surface area contributed by atoms with Crippen molar-refractivity contribution in [3.8, 4) is 11.5 Å². The Bertz CT molecular complexity index is 810. The predicted molar refractivity (Wildman–Crippen MR) is 84.2 cm³/mol. The van der Waals surface area contributed by atoms with Crippen molar-refractivity contribution in [2.24, 2.45) is 0 Å². The standard InChI is InChI=1S/C16H17N5O3/c1-10(2)13-9-12(20-23-13)16(22)18-8-6-14-19-15(21-24-14)11-5-3-4-7-17-11/h3-5,7,9-10H,6,8H2,1-2H3,(H,18,22). The van der Waals surface area contributed by atoms with E-state index in [2.05, 4.69) is 25.6 Å². The molecule has 0 aromatic carbocycles. The lowest BCUT2D eigenvalue weighted by Crippen LogP contribution is -2.26. The van der Waals surface area contributed by atoms with Gasteiger partial charge in [0.25, 0.3) is 5.91 Å². The number of hydrogen-bond acceptors (Lipinski definition) is 7. The number of carbonyl (C=O) groups is 1. The van der Waals surface area contributed by atoms with Gasteiger partial charge in [-0.2, -0.15) is 4.98 Å². The molecule has 0 radical (unpaired) electrons. The van der Waals surface area contributed by atoms with Gasteiger partial charge in [0.1, 0.15) is 11.5 Å². The van der Waals surface area contributed by atoms with Gasteiger partial charge in [-0.3, -0.25) is 9.78 Å². The van der Waals surface area contributed by atoms with Gasteiger partial charge in [-0.1, -0.05) is 30.2 Å². The highest BCUT2D eigenvalue weighted by Gasteiger charge is 2.15. The highest BCUT2D eigenvalue weighted by atomic mass is 16.5. The van der Waals surface area contributed by atoms with Gasteiger partial charge in [0.15, 0.2) is 5.69 Å². The first-order valence-electron chi connectivity index (χ1n) is 7.62. The van der Waals surface area contributed by atoms with E-state index in [4.69, 9.17) is 9.05 Å². The summed E-state index contributed by atoms with van der Waals surface area (Å²) in [6.07, 6.45) is 2.08. The van der Waals surface area contributed by atoms with E-state index in [9.17, 15) is 4.79 Å². The number of hydrogen-bond donors (Lipinski definition) is 1. The van der Waals surface area contributed by atoms with Crippen molar-refractivity contribution in [3.05, 3.63) is 47.8 Å². The van der Waals surface area contributed by atoms with E-state index in [1.54, 1.807) is 18.3 Å². The predicted octanol–water partition coefficient (Wildman–Crippen LogP) is 2.22. The van der Waals surface area contributed by atoms with Gasteiger partial charge in [-0.15, -0.1) is 0 Å². The molecule has 0 bridgehead atoms. The Labute approximate surface area is 138 Å². The van der Waals surface area contributed by atoms with Crippen LogP contribution in [0.25, 0.3) is 11.5 Å². The molecule has 124 valence electrons. The lowest BCUT2D eigenvalue weighted by atomic mass is 10.1. The van der Waals surface area contributed by atoms with Crippen molar-refractivity contribution in [1.82, 2.24) is 25.6 Å². The SMILES string of the molecule is CC(C)c1cc(C(=O)NCCc2nc(-c3ccccn3)no2)no1. The molecule has 8 heteroatoms. The number of amides is 1. The molecule has 0 saturated heterocycles. The Hall–Kier alpha value is -3.03. The van der Waals surface area contributed by atoms with Gasteiger partial charge in [0.05, 0.1) is 0 Å². The highest BCUT2D eigenvalue weighted by molar-refractivity contribution is 5.92. The normalized spacial score (nSPS) is 11.0. The molecule has 1 N–H and O–H groups in total. The molecule has 3 aromatic heterocycles. The van der Waals surface area contributed by atoms with Gasteiger partial charge in [0.2, 0.25) is 11.7 Å². The Kier molecular flexibility index (Phi) is 4.64. The molecule has 0 aliphatic rings. The topological polar surface area (TPSA) is 107 Å². The van der Waals surface area contributed by atoms with Crippen molar-refractivity contribution < 1.29 is 13.8 Å². The van der Waals surface area contributed by atoms with Crippen molar-refractivity contribution in [2.45, 2.75) is 26.2 Å². The Morgan fingerprint density at radius 2 is 2.12 bits per heavy atom. The fraction of sp³-hybridized carbons (Fsp3) is 0.312. The third kappa shape index (κ3) is 3.65. The van der Waals surface area contributed by atoms with Crippen LogP contribution in [-0.4, -0.2) is 32.7 Å². The maximum absolute atomic E-state index is 12.0. The van der Waals surface area contributed by atoms with Crippen LogP contribution in [0.5, 0.6) is 0 Å². The van der Waals surface area contributed by atoms with Crippen LogP contribution in [0.15, 0.2) is 39.5 Å². The van der Waals surface area contributed by atoms with Gasteiger partial charge >= 0.3 is 0 Å². The van der Waals surface area contributed by atoms with E-state index in [1.165, 1.54) is 0 Å². The number of carbonyl (C=O) groups excluding carboxylic acids is 1. The third-order valence-electron chi connectivity index (χ3n) is 3.32. The van der Waals surface area contributed by atoms with E-state index >= 15 is 0 Å². The average molecular weight is 327 g/mol. The van der Waals surface area contributed by atoms with Gasteiger partial charge in [-0.25, -0.2) is 0 Å². The monoisotopic (exact) mass is 327 g/mol. The summed E-state index contributed by atoms with van der Waals surface area (Å²) < 4.78 is 10.3. The first-order valence-corrected chi connectivity index (χ1v) is 7.62. The first kappa shape index (κ1) is 15.9. The zero-order valence-corrected chi connectivity index (χ0v) is 13.4. The second-order valence-electron chi connectivity index (χ2n) is 5.50. The molecule has 8 nitrogen and oxygen atoms in total. The van der Waals surface area contributed by atoms with Crippen molar-refractivity contribution >= 4 is 5.91 Å². The fourth-order valence-corrected chi connectivity index (χ4v) is 2.00. The van der Waals surface area contributed by atoms with Crippen LogP contribution in [0.3, 0.4) is 0 Å². The van der Waals surface area contributed by atoms with E-state index in [1.807, 2.05) is 26.0 Å². The molecule has 3 heterocycles. The first-order chi connectivity index (χ1) is 11.6. The number of pyridine rings is 1. The molecule has 24 heavy (non-hydrogen) atoms. The second kappa shape index (κ2) is 7.03. The molecule has 0 spiro atoms. The van der Waals surface area contributed by atoms with Gasteiger partial charge in [-0.05, 0) is 12.1 Å². The molecule has 1 amide bonds. The molecular weight excluding hydrogens is 310 g/mol. The summed E-state index contributed by atoms with van der Waals surface area (Å²) in [5, 5.41) is 10.4. The number of rotatable bonds is 6. The minimum absolute atomic E-state index is 0.183. The average Bonchev–Trinajstić information content (AvgIpc) is 3.25. The molecule has 0 aliphatic carbocycles. The molecule has 0 aliphatic heterocycles. The Morgan fingerprint density at radius 3 is 2.83 bits per heavy atom. The van der Waals surface area contributed by atoms with E-state index in [0.29, 0.717) is 36.1 Å². The maximum Gasteiger partial charge on any atom is 0.273 e. The van der Waals surface area contributed by atoms with Crippen molar-refractivity contribution in [1.29, 1.82) is 0 Å². The summed E-state index contributed by atoms with van der Waals surface area (Å²) >= 11 is 0. The molecule has 0 atom stereocenters. The lowest BCUT2D eigenvalue weighted by molar-refractivity contribution is 0.0944. The second-order valence-corrected chi connectivity index (χ2v) is 5.50. The third-order valence-corrected chi connectivity index (χ3v) is 3.32. The van der Waals surface area contributed by atoms with Gasteiger partial charge < -0.3 is 14.4 Å². The summed E-state index contributed by atoms with van der Waals surface area (Å²) in [6.45, 7) is 4.29. The summed E-state index contributed by atoms with van der Waals surface area (Å²) in [4.78, 5) is 20.4. The van der Waals surface area contributed by atoms with Crippen LogP contribution >= 0.6 is 0 Å². The van der Waals surface area contributed by atoms with Crippen molar-refractivity contribution in [2.75, 3.05) is 6.54 Å². The fourth-order valence-electron chi connectivity index (χ4n) is 2.00. The van der Waals surface area contributed by atoms with E-state index < -0.39 is 0 Å². The van der Waals surface area contributed by atoms with Crippen LogP contribution in [0.1, 0.15) is 41.9 Å². The van der Waals surface area contributed by atoms with E-state index in [-0.39, 0.29) is 17.5 Å². The molecule has 0 fully saturated rings. The molecule has 0 unspecified atom stereocenters. The zero-order chi connectivity index (χ0) is 16.9. The summed E-state index contributed by atoms with van der Waals surface area (Å²) in [7, 11) is 0. The zero-order valence-electron chi connectivity index (χ0n) is 13.4. The molecule has 3 aromatic rings. The summed E-state index contributed by atoms with van der Waals surface area (Å²) in [5.74, 6) is 1.42. The Morgan fingerprint density at radius 1 is 1.25 bits per heavy atom. The number of aromatic nitrogens is 4. The highest BCUT2D eigenvalue weighted by Crippen LogP contribution is 2.15. The van der Waals surface area contributed by atoms with E-state index in [0.717, 1.165) is 0 Å². The minimum atomic E-state index is -0.296. The Balaban J connectivity index is 1.53. The largest absolute Gasteiger partial charge is 0.360 e. The maximum atomic E-state index is 12.0. The number of nitrogens with zero attached hydrogens (tertiary/aromatic N) is 4. The summed E-state index contributed by atoms with van der Waals surface area (Å²) in [5.41, 5.74) is 0.902. The molecule has 0 saturated carbocycles. The van der Waals surface area contributed by atoms with Crippen LogP contribution in [0.4, 0.5) is 0 Å².